The topological polar surface area (TPSA) is 38.0 Å². The van der Waals surface area contributed by atoms with Gasteiger partial charge in [-0.3, -0.25) is 0 Å². The first-order chi connectivity index (χ1) is 2.27. The standard InChI is InChI=1S/CH4N2S.Mo/c2-1(3)4;/h(H4,2,3,4);/q;+1/p-1. The Morgan fingerprint density at radius 3 is 2.20 bits per heavy atom. The van der Waals surface area contributed by atoms with Gasteiger partial charge in [-0.25, -0.2) is 0 Å². The van der Waals surface area contributed by atoms with Crippen LogP contribution < -0.4 is 9.61 Å². The van der Waals surface area contributed by atoms with Crippen LogP contribution in [-0.4, -0.2) is 5.11 Å². The molecule has 0 aromatic rings. The second-order valence-electron chi connectivity index (χ2n) is 0.466. The summed E-state index contributed by atoms with van der Waals surface area (Å²) in [7, 11) is 0. The van der Waals surface area contributed by atoms with Crippen LogP contribution in [0.4, 0.5) is 0 Å². The van der Waals surface area contributed by atoms with Crippen LogP contribution >= 0.6 is 12.2 Å². The summed E-state index contributed by atoms with van der Waals surface area (Å²) in [6.07, 6.45) is 0. The molecule has 2 nitrogen and oxygen atoms in total. The second kappa shape index (κ2) is 2.61. The zero-order chi connectivity index (χ0) is 4.28. The van der Waals surface area contributed by atoms with Gasteiger partial charge in [0.2, 0.25) is 0 Å². The molecule has 0 saturated carbocycles. The van der Waals surface area contributed by atoms with Crippen LogP contribution in [0.2, 0.25) is 0 Å². The molecule has 5 heavy (non-hydrogen) atoms. The normalized spacial score (nSPS) is 6.40. The molecule has 0 bridgehead atoms. The Morgan fingerprint density at radius 2 is 2.20 bits per heavy atom. The fourth-order valence-electron chi connectivity index (χ4n) is 0. The van der Waals surface area contributed by atoms with Gasteiger partial charge >= 0.3 is 47.0 Å². The Balaban J connectivity index is 2.85. The van der Waals surface area contributed by atoms with Gasteiger partial charge in [-0.15, -0.1) is 0 Å². The molecule has 0 fully saturated rings. The molecule has 0 rings (SSSR count). The van der Waals surface area contributed by atoms with E-state index in [2.05, 4.69) is 16.1 Å². The third-order valence-corrected chi connectivity index (χ3v) is 1.09. The maximum atomic E-state index is 4.91. The summed E-state index contributed by atoms with van der Waals surface area (Å²) in [5.41, 5.74) is 4.91. The van der Waals surface area contributed by atoms with E-state index in [1.54, 1.807) is 20.1 Å². The summed E-state index contributed by atoms with van der Waals surface area (Å²) in [5.74, 6) is 0. The van der Waals surface area contributed by atoms with E-state index in [-0.39, 0.29) is 0 Å². The van der Waals surface area contributed by atoms with Crippen molar-refractivity contribution in [2.45, 2.75) is 0 Å². The van der Waals surface area contributed by atoms with E-state index >= 15 is 0 Å². The second-order valence-corrected chi connectivity index (χ2v) is 1.41. The molecule has 0 amide bonds. The summed E-state index contributed by atoms with van der Waals surface area (Å²) >= 11 is 5.99. The summed E-state index contributed by atoms with van der Waals surface area (Å²) in [6, 6.07) is 0. The van der Waals surface area contributed by atoms with Crippen LogP contribution in [0.1, 0.15) is 0 Å². The van der Waals surface area contributed by atoms with Gasteiger partial charge in [-0.2, -0.15) is 0 Å². The average Bonchev–Trinajstić information content (AvgIpc) is 1.38. The molecule has 0 aliphatic heterocycles. The summed E-state index contributed by atoms with van der Waals surface area (Å²) < 4.78 is 2.55. The van der Waals surface area contributed by atoms with Crippen LogP contribution in [0, 0.1) is 0 Å². The quantitative estimate of drug-likeness (QED) is 0.373. The number of thiocarbonyl (C=S) groups is 1. The molecule has 0 atom stereocenters. The van der Waals surface area contributed by atoms with Crippen LogP contribution in [0.25, 0.3) is 0 Å². The van der Waals surface area contributed by atoms with Crippen LogP contribution in [0.5, 0.6) is 0 Å². The predicted molar refractivity (Wildman–Crippen MR) is 19.9 cm³/mol. The first-order valence-corrected chi connectivity index (χ1v) is 2.36. The van der Waals surface area contributed by atoms with Crippen molar-refractivity contribution >= 4 is 17.3 Å². The van der Waals surface area contributed by atoms with E-state index in [0.29, 0.717) is 5.11 Å². The third kappa shape index (κ3) is 4.38. The summed E-state index contributed by atoms with van der Waals surface area (Å²) in [4.78, 5) is 0. The van der Waals surface area contributed by atoms with Crippen LogP contribution in [0.3, 0.4) is 0 Å². The molecule has 0 spiro atoms. The molecule has 3 N–H and O–H groups in total. The van der Waals surface area contributed by atoms with Crippen molar-refractivity contribution in [2.75, 3.05) is 0 Å². The number of hydrogen-bond acceptors (Lipinski definition) is 1. The number of nitrogens with two attached hydrogens (primary N) is 1. The van der Waals surface area contributed by atoms with Gasteiger partial charge in [0.15, 0.2) is 0 Å². The van der Waals surface area contributed by atoms with E-state index in [9.17, 15) is 0 Å². The van der Waals surface area contributed by atoms with Gasteiger partial charge < -0.3 is 0 Å². The van der Waals surface area contributed by atoms with Crippen molar-refractivity contribution in [2.24, 2.45) is 5.73 Å². The fourth-order valence-corrected chi connectivity index (χ4v) is 0. The molecule has 0 saturated heterocycles. The van der Waals surface area contributed by atoms with Crippen molar-refractivity contribution in [3.05, 3.63) is 0 Å². The van der Waals surface area contributed by atoms with Crippen molar-refractivity contribution in [1.29, 1.82) is 0 Å². The molecule has 0 radical (unpaired) electrons. The van der Waals surface area contributed by atoms with E-state index in [0.717, 1.165) is 0 Å². The molecular weight excluding hydrogens is 168 g/mol. The van der Waals surface area contributed by atoms with Gasteiger partial charge in [-0.05, 0) is 0 Å². The minimum absolute atomic E-state index is 0.342. The minimum atomic E-state index is 0.342. The number of hydrogen-bond donors (Lipinski definition) is 2. The summed E-state index contributed by atoms with van der Waals surface area (Å²) in [6.45, 7) is 0. The van der Waals surface area contributed by atoms with Crippen molar-refractivity contribution < 1.29 is 20.1 Å². The number of nitrogens with one attached hydrogen (secondary N) is 1. The molecule has 0 aromatic carbocycles. The van der Waals surface area contributed by atoms with Gasteiger partial charge in [0.1, 0.15) is 0 Å². The molecule has 0 heterocycles. The Kier molecular flexibility index (Phi) is 2.80. The monoisotopic (exact) mass is 173 g/mol. The third-order valence-electron chi connectivity index (χ3n) is 0.101. The molecular formula is CH3MoN2S. The zero-order valence-corrected chi connectivity index (χ0v) is 5.22. The Hall–Kier alpha value is 0.378. The molecule has 29 valence electrons. The average molecular weight is 171 g/mol. The van der Waals surface area contributed by atoms with Crippen molar-refractivity contribution in [1.82, 2.24) is 3.88 Å². The van der Waals surface area contributed by atoms with Crippen LogP contribution in [0.15, 0.2) is 0 Å². The molecule has 4 heteroatoms. The SMILES string of the molecule is NC(=S)[NH][Mo]. The zero-order valence-electron chi connectivity index (χ0n) is 2.39. The van der Waals surface area contributed by atoms with Crippen molar-refractivity contribution in [3.63, 3.8) is 0 Å². The van der Waals surface area contributed by atoms with E-state index < -0.39 is 0 Å². The summed E-state index contributed by atoms with van der Waals surface area (Å²) in [5, 5.41) is 0.342. The van der Waals surface area contributed by atoms with Gasteiger partial charge in [0.25, 0.3) is 0 Å². The number of rotatable bonds is 0. The predicted octanol–water partition coefficient (Wildman–Crippen LogP) is -0.719. The van der Waals surface area contributed by atoms with Gasteiger partial charge in [0, 0.05) is 0 Å². The fraction of sp³-hybridized carbons (Fsp3) is 0. The van der Waals surface area contributed by atoms with E-state index in [4.69, 9.17) is 5.73 Å². The first-order valence-electron chi connectivity index (χ1n) is 0.947. The van der Waals surface area contributed by atoms with Crippen LogP contribution in [-0.2, 0) is 20.1 Å². The molecule has 0 aliphatic rings. The van der Waals surface area contributed by atoms with Gasteiger partial charge in [0.05, 0.1) is 0 Å². The first kappa shape index (κ1) is 5.38. The van der Waals surface area contributed by atoms with E-state index in [1.165, 1.54) is 0 Å². The molecule has 0 aliphatic carbocycles. The molecule has 0 aromatic heterocycles. The van der Waals surface area contributed by atoms with E-state index in [1.807, 2.05) is 0 Å². The Bertz CT molecular complexity index is 44.9. The molecule has 0 unspecified atom stereocenters. The Morgan fingerprint density at radius 1 is 2.00 bits per heavy atom. The maximum absolute atomic E-state index is 4.91. The Labute approximate surface area is 47.3 Å². The van der Waals surface area contributed by atoms with Crippen molar-refractivity contribution in [3.8, 4) is 0 Å². The van der Waals surface area contributed by atoms with Gasteiger partial charge in [-0.1, -0.05) is 0 Å².